The van der Waals surface area contributed by atoms with Gasteiger partial charge in [0.25, 0.3) is 0 Å². The van der Waals surface area contributed by atoms with Crippen LogP contribution in [0.25, 0.3) is 16.5 Å². The van der Waals surface area contributed by atoms with Gasteiger partial charge in [-0.05, 0) is 44.9 Å². The number of carboxylic acid groups (broad SMARTS) is 1. The maximum Gasteiger partial charge on any atom is 0.336 e. The maximum atomic E-state index is 12.2. The molecule has 1 N–H and O–H groups in total. The van der Waals surface area contributed by atoms with Gasteiger partial charge in [-0.3, -0.25) is 0 Å². The molecule has 29 heavy (non-hydrogen) atoms. The Morgan fingerprint density at radius 1 is 1.24 bits per heavy atom. The number of hydrogen-bond donors (Lipinski definition) is 1. The summed E-state index contributed by atoms with van der Waals surface area (Å²) in [6.45, 7) is 15.4. The zero-order chi connectivity index (χ0) is 21.7. The van der Waals surface area contributed by atoms with E-state index in [1.165, 1.54) is 7.11 Å². The quantitative estimate of drug-likeness (QED) is 0.312. The molecule has 0 aliphatic rings. The van der Waals surface area contributed by atoms with Crippen molar-refractivity contribution in [3.05, 3.63) is 89.0 Å². The molecular weight excluding hydrogens is 364 g/mol. The molecule has 0 radical (unpaired) electrons. The first kappa shape index (κ1) is 22.0. The first-order chi connectivity index (χ1) is 13.7. The van der Waals surface area contributed by atoms with E-state index in [4.69, 9.17) is 9.15 Å². The summed E-state index contributed by atoms with van der Waals surface area (Å²) in [6.07, 6.45) is 4.30. The second-order valence-corrected chi connectivity index (χ2v) is 6.89. The summed E-state index contributed by atoms with van der Waals surface area (Å²) >= 11 is 0. The van der Waals surface area contributed by atoms with Crippen molar-refractivity contribution in [1.29, 1.82) is 0 Å². The lowest BCUT2D eigenvalue weighted by Gasteiger charge is -2.16. The highest BCUT2D eigenvalue weighted by atomic mass is 16.5. The molecule has 0 saturated carbocycles. The van der Waals surface area contributed by atoms with Gasteiger partial charge in [0.1, 0.15) is 17.1 Å². The summed E-state index contributed by atoms with van der Waals surface area (Å²) in [7, 11) is 1.47. The van der Waals surface area contributed by atoms with Crippen LogP contribution in [0, 0.1) is 6.92 Å². The van der Waals surface area contributed by atoms with Gasteiger partial charge in [0, 0.05) is 22.1 Å². The molecule has 0 spiro atoms. The second kappa shape index (κ2) is 9.28. The first-order valence-corrected chi connectivity index (χ1v) is 9.46. The lowest BCUT2D eigenvalue weighted by molar-refractivity contribution is -0.132. The van der Waals surface area contributed by atoms with Crippen molar-refractivity contribution in [3.63, 3.8) is 0 Å². The highest BCUT2D eigenvalue weighted by Crippen LogP contribution is 2.34. The van der Waals surface area contributed by atoms with Crippen LogP contribution in [0.2, 0.25) is 0 Å². The highest BCUT2D eigenvalue weighted by molar-refractivity contribution is 5.98. The Labute approximate surface area is 172 Å². The van der Waals surface area contributed by atoms with E-state index >= 15 is 0 Å². The molecule has 0 aliphatic heterocycles. The number of aryl methyl sites for hydroxylation is 1. The minimum atomic E-state index is -1.07. The molecule has 1 aromatic carbocycles. The van der Waals surface area contributed by atoms with Gasteiger partial charge in [0.2, 0.25) is 0 Å². The molecule has 4 heteroatoms. The van der Waals surface area contributed by atoms with E-state index in [2.05, 4.69) is 13.2 Å². The Morgan fingerprint density at radius 3 is 2.41 bits per heavy atom. The molecule has 0 amide bonds. The van der Waals surface area contributed by atoms with Crippen LogP contribution in [-0.4, -0.2) is 18.2 Å². The van der Waals surface area contributed by atoms with Crippen molar-refractivity contribution in [3.8, 4) is 0 Å². The molecule has 2 aromatic rings. The number of fused-ring (bicyclic) bond motifs is 1. The van der Waals surface area contributed by atoms with E-state index in [9.17, 15) is 9.90 Å². The van der Waals surface area contributed by atoms with Gasteiger partial charge in [0.15, 0.2) is 0 Å². The van der Waals surface area contributed by atoms with E-state index in [0.29, 0.717) is 22.5 Å². The summed E-state index contributed by atoms with van der Waals surface area (Å²) in [6, 6.07) is 7.76. The monoisotopic (exact) mass is 392 g/mol. The van der Waals surface area contributed by atoms with Crippen molar-refractivity contribution in [2.24, 2.45) is 0 Å². The molecule has 0 bridgehead atoms. The minimum Gasteiger partial charge on any atom is -0.497 e. The number of rotatable bonds is 8. The van der Waals surface area contributed by atoms with E-state index in [-0.39, 0.29) is 11.3 Å². The summed E-state index contributed by atoms with van der Waals surface area (Å²) in [4.78, 5) is 12.2. The normalized spacial score (nSPS) is 13.3. The third-order valence-electron chi connectivity index (χ3n) is 4.87. The molecule has 1 heterocycles. The van der Waals surface area contributed by atoms with Crippen LogP contribution in [-0.2, 0) is 9.53 Å². The summed E-state index contributed by atoms with van der Waals surface area (Å²) in [5.41, 5.74) is 4.39. The number of para-hydroxylation sites is 1. The number of hydrogen-bond acceptors (Lipinski definition) is 3. The van der Waals surface area contributed by atoms with Gasteiger partial charge in [-0.25, -0.2) is 4.79 Å². The highest BCUT2D eigenvalue weighted by Gasteiger charge is 2.22. The lowest BCUT2D eigenvalue weighted by atomic mass is 9.93. The van der Waals surface area contributed by atoms with Gasteiger partial charge in [-0.15, -0.1) is 0 Å². The van der Waals surface area contributed by atoms with Gasteiger partial charge in [0.05, 0.1) is 12.7 Å². The van der Waals surface area contributed by atoms with E-state index < -0.39 is 5.97 Å². The molecule has 0 unspecified atom stereocenters. The molecular formula is C25H28O4. The summed E-state index contributed by atoms with van der Waals surface area (Å²) in [5.74, 6) is -0.145. The lowest BCUT2D eigenvalue weighted by Crippen LogP contribution is -2.09. The number of ether oxygens (including phenoxy) is 1. The van der Waals surface area contributed by atoms with Crippen molar-refractivity contribution in [2.45, 2.75) is 34.1 Å². The molecule has 0 aliphatic carbocycles. The fourth-order valence-corrected chi connectivity index (χ4v) is 3.16. The van der Waals surface area contributed by atoms with Crippen molar-refractivity contribution in [1.82, 2.24) is 0 Å². The number of carbonyl (C=O) groups is 1. The third kappa shape index (κ3) is 4.60. The average molecular weight is 392 g/mol. The van der Waals surface area contributed by atoms with Crippen LogP contribution in [0.1, 0.15) is 38.5 Å². The first-order valence-electron chi connectivity index (χ1n) is 9.46. The van der Waals surface area contributed by atoms with E-state index in [1.54, 1.807) is 6.08 Å². The van der Waals surface area contributed by atoms with Crippen LogP contribution in [0.5, 0.6) is 0 Å². The largest absolute Gasteiger partial charge is 0.497 e. The Bertz CT molecular complexity index is 1060. The van der Waals surface area contributed by atoms with E-state index in [0.717, 1.165) is 28.5 Å². The average Bonchev–Trinajstić information content (AvgIpc) is 3.02. The summed E-state index contributed by atoms with van der Waals surface area (Å²) in [5, 5.41) is 11.0. The van der Waals surface area contributed by atoms with Gasteiger partial charge in [-0.2, -0.15) is 0 Å². The molecule has 1 aromatic heterocycles. The Hall–Kier alpha value is -3.27. The standard InChI is InChI=1S/C25H28O4/c1-8-11-19(24-17(5)20-12-9-10-13-22(20)29-24)14-21(25(26)27)23(18(6)28-7)16(4)15(2)3/h9-14H,2,6,8H2,1,3-5,7H3,(H,26,27)/b19-11-,21-14+,23-16+. The number of allylic oxidation sites excluding steroid dienone is 6. The Morgan fingerprint density at radius 2 is 1.90 bits per heavy atom. The topological polar surface area (TPSA) is 59.7 Å². The van der Waals surface area contributed by atoms with Crippen LogP contribution in [0.15, 0.2) is 82.0 Å². The predicted molar refractivity (Wildman–Crippen MR) is 119 cm³/mol. The van der Waals surface area contributed by atoms with Crippen LogP contribution >= 0.6 is 0 Å². The smallest absolute Gasteiger partial charge is 0.336 e. The maximum absolute atomic E-state index is 12.2. The minimum absolute atomic E-state index is 0.0805. The predicted octanol–water partition coefficient (Wildman–Crippen LogP) is 6.60. The third-order valence-corrected chi connectivity index (χ3v) is 4.87. The molecule has 152 valence electrons. The van der Waals surface area contributed by atoms with Crippen molar-refractivity contribution >= 4 is 22.5 Å². The Balaban J connectivity index is 2.78. The van der Waals surface area contributed by atoms with E-state index in [1.807, 2.05) is 58.0 Å². The molecule has 0 saturated heterocycles. The van der Waals surface area contributed by atoms with Crippen molar-refractivity contribution in [2.75, 3.05) is 7.11 Å². The molecule has 4 nitrogen and oxygen atoms in total. The number of aliphatic carboxylic acids is 1. The number of methoxy groups -OCH3 is 1. The number of benzene rings is 1. The van der Waals surface area contributed by atoms with Gasteiger partial charge >= 0.3 is 5.97 Å². The van der Waals surface area contributed by atoms with Gasteiger partial charge < -0.3 is 14.3 Å². The van der Waals surface area contributed by atoms with Crippen LogP contribution < -0.4 is 0 Å². The number of furan rings is 1. The Kier molecular flexibility index (Phi) is 7.05. The fraction of sp³-hybridized carbons (Fsp3) is 0.240. The van der Waals surface area contributed by atoms with Crippen molar-refractivity contribution < 1.29 is 19.1 Å². The zero-order valence-electron chi connectivity index (χ0n) is 17.8. The van der Waals surface area contributed by atoms with Crippen LogP contribution in [0.3, 0.4) is 0 Å². The summed E-state index contributed by atoms with van der Waals surface area (Å²) < 4.78 is 11.4. The molecule has 2 rings (SSSR count). The number of carboxylic acids is 1. The zero-order valence-corrected chi connectivity index (χ0v) is 17.8. The molecule has 0 fully saturated rings. The SMILES string of the molecule is C=C(C)/C(C)=C(C(=C)OC)/C(=C\C(=C\CC)c1oc2ccccc2c1C)C(=O)O. The second-order valence-electron chi connectivity index (χ2n) is 6.89. The van der Waals surface area contributed by atoms with Crippen LogP contribution in [0.4, 0.5) is 0 Å². The van der Waals surface area contributed by atoms with Gasteiger partial charge in [-0.1, -0.05) is 49.9 Å². The molecule has 0 atom stereocenters. The fourth-order valence-electron chi connectivity index (χ4n) is 3.16.